The fourth-order valence-electron chi connectivity index (χ4n) is 3.49. The topological polar surface area (TPSA) is 58.6 Å². The molecule has 0 fully saturated rings. The second kappa shape index (κ2) is 9.10. The van der Waals surface area contributed by atoms with Gasteiger partial charge in [-0.2, -0.15) is 0 Å². The molecule has 0 unspecified atom stereocenters. The largest absolute Gasteiger partial charge is 0.493 e. The number of para-hydroxylation sites is 1. The summed E-state index contributed by atoms with van der Waals surface area (Å²) in [4.78, 5) is 28.1. The van der Waals surface area contributed by atoms with Gasteiger partial charge in [0.1, 0.15) is 11.4 Å². The number of nitrogens with one attached hydrogen (secondary N) is 1. The molecule has 3 aromatic carbocycles. The monoisotopic (exact) mass is 426 g/mol. The van der Waals surface area contributed by atoms with E-state index in [9.17, 15) is 9.59 Å². The molecule has 1 aliphatic heterocycles. The highest BCUT2D eigenvalue weighted by atomic mass is 16.5. The molecule has 0 saturated carbocycles. The molecule has 1 heterocycles. The number of anilines is 2. The smallest absolute Gasteiger partial charge is 0.282 e. The van der Waals surface area contributed by atoms with Crippen molar-refractivity contribution in [2.24, 2.45) is 5.92 Å². The Hall–Kier alpha value is -3.86. The van der Waals surface area contributed by atoms with Gasteiger partial charge in [-0.15, -0.1) is 0 Å². The summed E-state index contributed by atoms with van der Waals surface area (Å²) in [6.45, 7) is 6.74. The van der Waals surface area contributed by atoms with Gasteiger partial charge in [0.15, 0.2) is 0 Å². The highest BCUT2D eigenvalue weighted by Crippen LogP contribution is 2.34. The van der Waals surface area contributed by atoms with E-state index < -0.39 is 0 Å². The maximum Gasteiger partial charge on any atom is 0.282 e. The number of hydrogen-bond acceptors (Lipinski definition) is 4. The number of rotatable bonds is 7. The fraction of sp³-hybridized carbons (Fsp3) is 0.185. The van der Waals surface area contributed by atoms with Crippen LogP contribution >= 0.6 is 0 Å². The van der Waals surface area contributed by atoms with Gasteiger partial charge in [0.2, 0.25) is 0 Å². The Morgan fingerprint density at radius 2 is 1.50 bits per heavy atom. The van der Waals surface area contributed by atoms with E-state index in [-0.39, 0.29) is 17.5 Å². The van der Waals surface area contributed by atoms with Gasteiger partial charge >= 0.3 is 0 Å². The number of amides is 2. The van der Waals surface area contributed by atoms with Crippen molar-refractivity contribution in [3.8, 4) is 5.75 Å². The third-order valence-electron chi connectivity index (χ3n) is 5.15. The van der Waals surface area contributed by atoms with Gasteiger partial charge in [-0.1, -0.05) is 61.9 Å². The molecule has 32 heavy (non-hydrogen) atoms. The van der Waals surface area contributed by atoms with Gasteiger partial charge in [0, 0.05) is 5.69 Å². The van der Waals surface area contributed by atoms with Crippen molar-refractivity contribution in [2.45, 2.75) is 20.8 Å². The van der Waals surface area contributed by atoms with E-state index in [1.54, 1.807) is 24.3 Å². The van der Waals surface area contributed by atoms with Crippen molar-refractivity contribution in [2.75, 3.05) is 16.8 Å². The first-order chi connectivity index (χ1) is 15.4. The number of hydrogen-bond donors (Lipinski definition) is 1. The molecule has 0 spiro atoms. The highest BCUT2D eigenvalue weighted by molar-refractivity contribution is 6.46. The second-order valence-corrected chi connectivity index (χ2v) is 8.25. The third kappa shape index (κ3) is 4.42. The quantitative estimate of drug-likeness (QED) is 0.512. The van der Waals surface area contributed by atoms with Crippen LogP contribution in [0.4, 0.5) is 11.4 Å². The molecule has 162 valence electrons. The molecule has 0 aromatic heterocycles. The molecule has 2 amide bonds. The molecule has 0 saturated heterocycles. The Morgan fingerprint density at radius 3 is 2.12 bits per heavy atom. The number of imide groups is 1. The number of nitrogens with zero attached hydrogens (tertiary/aromatic N) is 1. The van der Waals surface area contributed by atoms with Crippen molar-refractivity contribution in [3.63, 3.8) is 0 Å². The number of carbonyl (C=O) groups is 2. The van der Waals surface area contributed by atoms with E-state index in [1.807, 2.05) is 61.5 Å². The molecule has 1 N–H and O–H groups in total. The molecule has 0 bridgehead atoms. The van der Waals surface area contributed by atoms with Gasteiger partial charge in [-0.3, -0.25) is 9.59 Å². The average Bonchev–Trinajstić information content (AvgIpc) is 3.03. The summed E-state index contributed by atoms with van der Waals surface area (Å²) in [6, 6.07) is 24.0. The lowest BCUT2D eigenvalue weighted by Crippen LogP contribution is -2.32. The van der Waals surface area contributed by atoms with E-state index in [4.69, 9.17) is 4.74 Å². The van der Waals surface area contributed by atoms with Crippen molar-refractivity contribution in [3.05, 3.63) is 95.7 Å². The number of benzene rings is 3. The highest BCUT2D eigenvalue weighted by Gasteiger charge is 2.40. The van der Waals surface area contributed by atoms with Crippen LogP contribution < -0.4 is 15.0 Å². The van der Waals surface area contributed by atoms with Gasteiger partial charge in [0.25, 0.3) is 11.8 Å². The van der Waals surface area contributed by atoms with Crippen molar-refractivity contribution in [1.82, 2.24) is 0 Å². The number of ether oxygens (including phenoxy) is 1. The maximum absolute atomic E-state index is 13.5. The Morgan fingerprint density at radius 1 is 0.844 bits per heavy atom. The molecule has 0 aliphatic carbocycles. The molecule has 5 heteroatoms. The van der Waals surface area contributed by atoms with Crippen LogP contribution in [0.2, 0.25) is 0 Å². The molecule has 0 atom stereocenters. The SMILES string of the molecule is Cc1ccc(C2=C(Nc3ccccc3)C(=O)N(c3ccc(OCC(C)C)cc3)C2=O)cc1. The zero-order chi connectivity index (χ0) is 22.7. The van der Waals surface area contributed by atoms with Crippen LogP contribution in [0.25, 0.3) is 5.57 Å². The molecule has 4 rings (SSSR count). The van der Waals surface area contributed by atoms with Crippen molar-refractivity contribution >= 4 is 28.8 Å². The summed E-state index contributed by atoms with van der Waals surface area (Å²) in [5.41, 5.74) is 3.66. The minimum atomic E-state index is -0.384. The molecule has 0 radical (unpaired) electrons. The fourth-order valence-corrected chi connectivity index (χ4v) is 3.49. The predicted octanol–water partition coefficient (Wildman–Crippen LogP) is 5.43. The number of carbonyl (C=O) groups excluding carboxylic acids is 2. The average molecular weight is 427 g/mol. The summed E-state index contributed by atoms with van der Waals surface area (Å²) < 4.78 is 5.73. The zero-order valence-corrected chi connectivity index (χ0v) is 18.5. The summed E-state index contributed by atoms with van der Waals surface area (Å²) in [5.74, 6) is 0.374. The van der Waals surface area contributed by atoms with Crippen LogP contribution in [-0.4, -0.2) is 18.4 Å². The van der Waals surface area contributed by atoms with Crippen LogP contribution in [0.5, 0.6) is 5.75 Å². The Labute approximate surface area is 188 Å². The van der Waals surface area contributed by atoms with Crippen LogP contribution in [0.1, 0.15) is 25.0 Å². The van der Waals surface area contributed by atoms with Crippen molar-refractivity contribution in [1.29, 1.82) is 0 Å². The van der Waals surface area contributed by atoms with Crippen LogP contribution in [-0.2, 0) is 9.59 Å². The minimum Gasteiger partial charge on any atom is -0.493 e. The molecule has 1 aliphatic rings. The van der Waals surface area contributed by atoms with Gasteiger partial charge in [0.05, 0.1) is 17.9 Å². The summed E-state index contributed by atoms with van der Waals surface area (Å²) in [7, 11) is 0. The summed E-state index contributed by atoms with van der Waals surface area (Å²) >= 11 is 0. The lowest BCUT2D eigenvalue weighted by molar-refractivity contribution is -0.120. The van der Waals surface area contributed by atoms with E-state index in [1.165, 1.54) is 4.90 Å². The molecular formula is C27H26N2O3. The molecule has 3 aromatic rings. The predicted molar refractivity (Wildman–Crippen MR) is 127 cm³/mol. The summed E-state index contributed by atoms with van der Waals surface area (Å²) in [5, 5.41) is 3.17. The normalized spacial score (nSPS) is 13.8. The van der Waals surface area contributed by atoms with E-state index in [2.05, 4.69) is 19.2 Å². The maximum atomic E-state index is 13.5. The minimum absolute atomic E-state index is 0.269. The van der Waals surface area contributed by atoms with Gasteiger partial charge in [-0.25, -0.2) is 4.90 Å². The Balaban J connectivity index is 1.69. The summed E-state index contributed by atoms with van der Waals surface area (Å²) in [6.07, 6.45) is 0. The van der Waals surface area contributed by atoms with E-state index >= 15 is 0 Å². The van der Waals surface area contributed by atoms with Crippen LogP contribution in [0.3, 0.4) is 0 Å². The lowest BCUT2D eigenvalue weighted by Gasteiger charge is -2.16. The Kier molecular flexibility index (Phi) is 6.08. The van der Waals surface area contributed by atoms with Crippen LogP contribution in [0.15, 0.2) is 84.6 Å². The van der Waals surface area contributed by atoms with Gasteiger partial charge in [-0.05, 0) is 54.8 Å². The first-order valence-electron chi connectivity index (χ1n) is 10.7. The first kappa shape index (κ1) is 21.4. The standard InChI is InChI=1S/C27H26N2O3/c1-18(2)17-32-23-15-13-22(14-16-23)29-26(30)24(20-11-9-19(3)10-12-20)25(27(29)31)28-21-7-5-4-6-8-21/h4-16,18,28H,17H2,1-3H3. The van der Waals surface area contributed by atoms with E-state index in [0.29, 0.717) is 35.1 Å². The van der Waals surface area contributed by atoms with Crippen molar-refractivity contribution < 1.29 is 14.3 Å². The first-order valence-corrected chi connectivity index (χ1v) is 10.7. The zero-order valence-electron chi connectivity index (χ0n) is 18.5. The van der Waals surface area contributed by atoms with Gasteiger partial charge < -0.3 is 10.1 Å². The Bertz CT molecular complexity index is 1150. The van der Waals surface area contributed by atoms with E-state index in [0.717, 1.165) is 11.3 Å². The van der Waals surface area contributed by atoms with Crippen LogP contribution in [0, 0.1) is 12.8 Å². The molecule has 5 nitrogen and oxygen atoms in total. The third-order valence-corrected chi connectivity index (χ3v) is 5.15. The lowest BCUT2D eigenvalue weighted by atomic mass is 10.0. The molecular weight excluding hydrogens is 400 g/mol. The second-order valence-electron chi connectivity index (χ2n) is 8.25. The number of aryl methyl sites for hydroxylation is 1.